The van der Waals surface area contributed by atoms with Gasteiger partial charge in [-0.2, -0.15) is 5.10 Å². The lowest BCUT2D eigenvalue weighted by atomic mass is 10.3. The fourth-order valence-electron chi connectivity index (χ4n) is 1.61. The van der Waals surface area contributed by atoms with Crippen LogP contribution in [0.2, 0.25) is 0 Å². The van der Waals surface area contributed by atoms with E-state index in [1.165, 1.54) is 0 Å². The Morgan fingerprint density at radius 3 is 2.74 bits per heavy atom. The van der Waals surface area contributed by atoms with Crippen LogP contribution in [0, 0.1) is 6.92 Å². The van der Waals surface area contributed by atoms with E-state index >= 15 is 0 Å². The third-order valence-electron chi connectivity index (χ3n) is 2.90. The molecule has 0 aliphatic carbocycles. The van der Waals surface area contributed by atoms with Crippen LogP contribution in [-0.4, -0.2) is 18.2 Å². The van der Waals surface area contributed by atoms with E-state index in [4.69, 9.17) is 0 Å². The van der Waals surface area contributed by atoms with Crippen molar-refractivity contribution in [2.45, 2.75) is 18.4 Å². The van der Waals surface area contributed by atoms with E-state index in [-0.39, 0.29) is 11.4 Å². The average Bonchev–Trinajstić information content (AvgIpc) is 2.68. The normalized spacial score (nSPS) is 11.7. The zero-order chi connectivity index (χ0) is 14.0. The zero-order valence-electron chi connectivity index (χ0n) is 10.6. The molecule has 0 bridgehead atoms. The number of aromatic nitrogens is 2. The van der Waals surface area contributed by atoms with E-state index in [2.05, 4.69) is 25.8 Å². The number of halogens is 1. The lowest BCUT2D eigenvalue weighted by Crippen LogP contribution is -2.23. The summed E-state index contributed by atoms with van der Waals surface area (Å²) >= 11 is 3.26. The summed E-state index contributed by atoms with van der Waals surface area (Å²) in [6.45, 7) is 2.13. The van der Waals surface area contributed by atoms with Gasteiger partial charge in [0.25, 0.3) is 0 Å². The molecule has 0 aliphatic rings. The number of sulfonamides is 1. The van der Waals surface area contributed by atoms with Crippen molar-refractivity contribution in [2.24, 2.45) is 7.05 Å². The van der Waals surface area contributed by atoms with Crippen LogP contribution in [0.3, 0.4) is 0 Å². The van der Waals surface area contributed by atoms with Crippen molar-refractivity contribution in [3.05, 3.63) is 46.2 Å². The van der Waals surface area contributed by atoms with E-state index in [0.717, 1.165) is 15.7 Å². The predicted octanol–water partition coefficient (Wildman–Crippen LogP) is 1.97. The average molecular weight is 344 g/mol. The topological polar surface area (TPSA) is 64.0 Å². The zero-order valence-corrected chi connectivity index (χ0v) is 13.0. The molecule has 0 amide bonds. The quantitative estimate of drug-likeness (QED) is 0.922. The minimum absolute atomic E-state index is 0.231. The number of rotatable bonds is 4. The summed E-state index contributed by atoms with van der Waals surface area (Å²) in [4.78, 5) is 0.239. The van der Waals surface area contributed by atoms with Crippen LogP contribution in [0.5, 0.6) is 0 Å². The molecule has 1 aromatic carbocycles. The number of nitrogens with one attached hydrogen (secondary N) is 1. The first-order valence-corrected chi connectivity index (χ1v) is 7.90. The van der Waals surface area contributed by atoms with Crippen LogP contribution in [0.4, 0.5) is 0 Å². The van der Waals surface area contributed by atoms with Crippen LogP contribution in [0.15, 0.2) is 39.8 Å². The summed E-state index contributed by atoms with van der Waals surface area (Å²) in [5.74, 6) is 0. The molecule has 0 saturated carbocycles. The van der Waals surface area contributed by atoms with Crippen molar-refractivity contribution in [2.75, 3.05) is 0 Å². The molecular formula is C12H14BrN3O2S. The highest BCUT2D eigenvalue weighted by molar-refractivity contribution is 9.10. The van der Waals surface area contributed by atoms with Gasteiger partial charge in [0.15, 0.2) is 0 Å². The molecule has 19 heavy (non-hydrogen) atoms. The van der Waals surface area contributed by atoms with Crippen LogP contribution >= 0.6 is 15.9 Å². The van der Waals surface area contributed by atoms with Gasteiger partial charge in [0.1, 0.15) is 0 Å². The second kappa shape index (κ2) is 5.44. The molecule has 0 saturated heterocycles. The fraction of sp³-hybridized carbons (Fsp3) is 0.250. The largest absolute Gasteiger partial charge is 0.273 e. The molecule has 0 atom stereocenters. The molecule has 5 nitrogen and oxygen atoms in total. The molecular weight excluding hydrogens is 330 g/mol. The predicted molar refractivity (Wildman–Crippen MR) is 76.1 cm³/mol. The second-order valence-electron chi connectivity index (χ2n) is 4.16. The summed E-state index contributed by atoms with van der Waals surface area (Å²) in [6, 6.07) is 6.60. The molecule has 7 heteroatoms. The van der Waals surface area contributed by atoms with Gasteiger partial charge >= 0.3 is 0 Å². The van der Waals surface area contributed by atoms with Crippen LogP contribution in [0.1, 0.15) is 11.3 Å². The summed E-state index contributed by atoms with van der Waals surface area (Å²) < 4.78 is 29.2. The van der Waals surface area contributed by atoms with Gasteiger partial charge < -0.3 is 0 Å². The molecule has 0 unspecified atom stereocenters. The van der Waals surface area contributed by atoms with Crippen LogP contribution < -0.4 is 4.72 Å². The van der Waals surface area contributed by atoms with Gasteiger partial charge in [0.2, 0.25) is 10.0 Å². The van der Waals surface area contributed by atoms with Crippen molar-refractivity contribution in [1.82, 2.24) is 14.5 Å². The Hall–Kier alpha value is -1.18. The van der Waals surface area contributed by atoms with Crippen molar-refractivity contribution in [3.8, 4) is 0 Å². The first kappa shape index (κ1) is 14.2. The van der Waals surface area contributed by atoms with Crippen LogP contribution in [-0.2, 0) is 23.6 Å². The molecule has 2 rings (SSSR count). The van der Waals surface area contributed by atoms with Gasteiger partial charge in [-0.15, -0.1) is 0 Å². The molecule has 1 N–H and O–H groups in total. The molecule has 2 aromatic rings. The van der Waals surface area contributed by atoms with Crippen molar-refractivity contribution in [1.29, 1.82) is 0 Å². The standard InChI is InChI=1S/C12H14BrN3O2S/c1-9-10(7-14-16(9)2)8-15-19(17,18)12-5-3-4-11(13)6-12/h3-7,15H,8H2,1-2H3. The molecule has 1 aromatic heterocycles. The number of nitrogens with zero attached hydrogens (tertiary/aromatic N) is 2. The van der Waals surface area contributed by atoms with Gasteiger partial charge in [0, 0.05) is 29.3 Å². The van der Waals surface area contributed by atoms with Crippen molar-refractivity contribution in [3.63, 3.8) is 0 Å². The third-order valence-corrected chi connectivity index (χ3v) is 4.79. The number of aryl methyl sites for hydroxylation is 1. The molecule has 0 aliphatic heterocycles. The maximum absolute atomic E-state index is 12.1. The molecule has 0 fully saturated rings. The lowest BCUT2D eigenvalue weighted by molar-refractivity contribution is 0.581. The number of hydrogen-bond donors (Lipinski definition) is 1. The van der Waals surface area contributed by atoms with Gasteiger partial charge in [-0.3, -0.25) is 4.68 Å². The minimum atomic E-state index is -3.51. The molecule has 0 spiro atoms. The molecule has 1 heterocycles. The SMILES string of the molecule is Cc1c(CNS(=O)(=O)c2cccc(Br)c2)cnn1C. The van der Waals surface area contributed by atoms with E-state index in [1.54, 1.807) is 35.1 Å². The van der Waals surface area contributed by atoms with Gasteiger partial charge in [-0.25, -0.2) is 13.1 Å². The summed E-state index contributed by atoms with van der Waals surface area (Å²) in [5.41, 5.74) is 1.80. The van der Waals surface area contributed by atoms with Crippen LogP contribution in [0.25, 0.3) is 0 Å². The maximum atomic E-state index is 12.1. The fourth-order valence-corrected chi connectivity index (χ4v) is 3.21. The monoisotopic (exact) mass is 343 g/mol. The molecule has 0 radical (unpaired) electrons. The smallest absolute Gasteiger partial charge is 0.240 e. The Kier molecular flexibility index (Phi) is 4.07. The first-order chi connectivity index (χ1) is 8.90. The van der Waals surface area contributed by atoms with Gasteiger partial charge in [-0.1, -0.05) is 22.0 Å². The number of hydrogen-bond acceptors (Lipinski definition) is 3. The van der Waals surface area contributed by atoms with E-state index in [0.29, 0.717) is 0 Å². The van der Waals surface area contributed by atoms with E-state index in [9.17, 15) is 8.42 Å². The Morgan fingerprint density at radius 1 is 1.42 bits per heavy atom. The maximum Gasteiger partial charge on any atom is 0.240 e. The Labute approximate surface area is 120 Å². The van der Waals surface area contributed by atoms with Gasteiger partial charge in [0.05, 0.1) is 11.1 Å². The summed E-state index contributed by atoms with van der Waals surface area (Å²) in [7, 11) is -1.68. The summed E-state index contributed by atoms with van der Waals surface area (Å²) in [6.07, 6.45) is 1.67. The Morgan fingerprint density at radius 2 is 2.16 bits per heavy atom. The first-order valence-electron chi connectivity index (χ1n) is 5.63. The Balaban J connectivity index is 2.17. The lowest BCUT2D eigenvalue weighted by Gasteiger charge is -2.07. The van der Waals surface area contributed by atoms with Crippen molar-refractivity contribution >= 4 is 26.0 Å². The summed E-state index contributed by atoms with van der Waals surface area (Å²) in [5, 5.41) is 4.08. The molecule has 102 valence electrons. The number of benzene rings is 1. The highest BCUT2D eigenvalue weighted by atomic mass is 79.9. The van der Waals surface area contributed by atoms with E-state index in [1.807, 2.05) is 14.0 Å². The minimum Gasteiger partial charge on any atom is -0.273 e. The van der Waals surface area contributed by atoms with Gasteiger partial charge in [-0.05, 0) is 25.1 Å². The third kappa shape index (κ3) is 3.23. The highest BCUT2D eigenvalue weighted by Crippen LogP contribution is 2.16. The van der Waals surface area contributed by atoms with Crippen molar-refractivity contribution < 1.29 is 8.42 Å². The second-order valence-corrected chi connectivity index (χ2v) is 6.84. The Bertz CT molecular complexity index is 695. The highest BCUT2D eigenvalue weighted by Gasteiger charge is 2.15. The van der Waals surface area contributed by atoms with E-state index < -0.39 is 10.0 Å².